The number of fused-ring (bicyclic) bond motifs is 1. The maximum atomic E-state index is 13.9. The van der Waals surface area contributed by atoms with Crippen molar-refractivity contribution >= 4 is 39.9 Å². The Morgan fingerprint density at radius 3 is 2.61 bits per heavy atom. The van der Waals surface area contributed by atoms with Crippen LogP contribution in [0.4, 0.5) is 14.5 Å². The summed E-state index contributed by atoms with van der Waals surface area (Å²) in [6.07, 6.45) is 3.10. The molecule has 0 saturated carbocycles. The van der Waals surface area contributed by atoms with Crippen molar-refractivity contribution in [2.75, 3.05) is 11.9 Å². The van der Waals surface area contributed by atoms with Gasteiger partial charge in [0.25, 0.3) is 5.91 Å². The zero-order chi connectivity index (χ0) is 23.4. The van der Waals surface area contributed by atoms with Crippen molar-refractivity contribution in [1.82, 2.24) is 10.3 Å². The average Bonchev–Trinajstić information content (AvgIpc) is 2.79. The predicted molar refractivity (Wildman–Crippen MR) is 121 cm³/mol. The molecule has 9 heteroatoms. The maximum Gasteiger partial charge on any atom is 0.256 e. The Hall–Kier alpha value is -4.04. The third-order valence-electron chi connectivity index (χ3n) is 4.68. The Labute approximate surface area is 192 Å². The van der Waals surface area contributed by atoms with E-state index in [-0.39, 0.29) is 10.6 Å². The van der Waals surface area contributed by atoms with Gasteiger partial charge in [-0.3, -0.25) is 14.6 Å². The van der Waals surface area contributed by atoms with E-state index >= 15 is 0 Å². The lowest BCUT2D eigenvalue weighted by molar-refractivity contribution is -0.115. The van der Waals surface area contributed by atoms with Crippen LogP contribution in [0, 0.1) is 11.6 Å². The molecule has 1 heterocycles. The summed E-state index contributed by atoms with van der Waals surface area (Å²) in [6, 6.07) is 14.5. The molecule has 33 heavy (non-hydrogen) atoms. The molecule has 0 aliphatic carbocycles. The van der Waals surface area contributed by atoms with Crippen LogP contribution in [0.5, 0.6) is 11.5 Å². The van der Waals surface area contributed by atoms with Crippen LogP contribution in [0.3, 0.4) is 0 Å². The van der Waals surface area contributed by atoms with Gasteiger partial charge in [0.1, 0.15) is 23.1 Å². The van der Waals surface area contributed by atoms with Gasteiger partial charge in [0.15, 0.2) is 0 Å². The molecule has 4 rings (SSSR count). The first-order valence-electron chi connectivity index (χ1n) is 9.74. The topological polar surface area (TPSA) is 80.3 Å². The average molecular weight is 468 g/mol. The van der Waals surface area contributed by atoms with E-state index in [1.165, 1.54) is 30.3 Å². The first-order chi connectivity index (χ1) is 15.9. The van der Waals surface area contributed by atoms with E-state index in [2.05, 4.69) is 15.6 Å². The number of carbonyl (C=O) groups excluding carboxylic acids is 2. The highest BCUT2D eigenvalue weighted by molar-refractivity contribution is 6.33. The number of nitrogens with zero attached hydrogens (tertiary/aromatic N) is 1. The highest BCUT2D eigenvalue weighted by Gasteiger charge is 2.17. The molecule has 3 aromatic carbocycles. The summed E-state index contributed by atoms with van der Waals surface area (Å²) in [4.78, 5) is 28.7. The molecule has 2 amide bonds. The van der Waals surface area contributed by atoms with Gasteiger partial charge >= 0.3 is 0 Å². The van der Waals surface area contributed by atoms with Crippen molar-refractivity contribution in [3.8, 4) is 11.5 Å². The highest BCUT2D eigenvalue weighted by atomic mass is 35.5. The number of rotatable bonds is 6. The molecule has 4 aromatic rings. The maximum absolute atomic E-state index is 13.9. The largest absolute Gasteiger partial charge is 0.457 e. The second kappa shape index (κ2) is 9.62. The number of anilines is 1. The lowest BCUT2D eigenvalue weighted by Crippen LogP contribution is -2.33. The molecule has 0 atom stereocenters. The van der Waals surface area contributed by atoms with Crippen molar-refractivity contribution in [1.29, 1.82) is 0 Å². The smallest absolute Gasteiger partial charge is 0.256 e. The van der Waals surface area contributed by atoms with Gasteiger partial charge < -0.3 is 15.4 Å². The van der Waals surface area contributed by atoms with Crippen LogP contribution in [-0.4, -0.2) is 23.3 Å². The van der Waals surface area contributed by atoms with E-state index in [1.807, 2.05) is 0 Å². The number of benzene rings is 3. The van der Waals surface area contributed by atoms with Gasteiger partial charge in [0.05, 0.1) is 22.8 Å². The van der Waals surface area contributed by atoms with Gasteiger partial charge in [0, 0.05) is 29.2 Å². The Morgan fingerprint density at radius 1 is 1.00 bits per heavy atom. The van der Waals surface area contributed by atoms with Gasteiger partial charge in [-0.05, 0) is 42.5 Å². The molecule has 0 unspecified atom stereocenters. The lowest BCUT2D eigenvalue weighted by Gasteiger charge is -2.13. The van der Waals surface area contributed by atoms with Gasteiger partial charge in [-0.15, -0.1) is 0 Å². The summed E-state index contributed by atoms with van der Waals surface area (Å²) in [5.74, 6) is -1.80. The standard InChI is InChI=1S/C24H16ClF2N3O3/c25-18-5-2-6-19(27)23(18)24(32)29-13-22(31)30-20-7-8-21(16-9-10-28-12-17(16)20)33-15-4-1-3-14(26)11-15/h1-12H,13H2,(H,29,32)(H,30,31). The molecule has 166 valence electrons. The van der Waals surface area contributed by atoms with Crippen LogP contribution in [0.25, 0.3) is 10.8 Å². The summed E-state index contributed by atoms with van der Waals surface area (Å²) in [5.41, 5.74) is 0.0910. The first kappa shape index (κ1) is 22.2. The molecule has 0 radical (unpaired) electrons. The van der Waals surface area contributed by atoms with E-state index in [0.717, 1.165) is 6.07 Å². The van der Waals surface area contributed by atoms with Crippen LogP contribution in [0.1, 0.15) is 10.4 Å². The van der Waals surface area contributed by atoms with E-state index in [1.54, 1.807) is 36.7 Å². The Morgan fingerprint density at radius 2 is 1.82 bits per heavy atom. The molecular weight excluding hydrogens is 452 g/mol. The van der Waals surface area contributed by atoms with Gasteiger partial charge in [-0.2, -0.15) is 0 Å². The van der Waals surface area contributed by atoms with Crippen molar-refractivity contribution in [3.05, 3.63) is 95.3 Å². The fourth-order valence-electron chi connectivity index (χ4n) is 3.18. The first-order valence-corrected chi connectivity index (χ1v) is 10.1. The number of ether oxygens (including phenoxy) is 1. The number of halogens is 3. The summed E-state index contributed by atoms with van der Waals surface area (Å²) >= 11 is 5.88. The molecule has 1 aromatic heterocycles. The zero-order valence-electron chi connectivity index (χ0n) is 16.9. The summed E-state index contributed by atoms with van der Waals surface area (Å²) < 4.78 is 33.2. The number of carbonyl (C=O) groups is 2. The van der Waals surface area contributed by atoms with Crippen LogP contribution in [-0.2, 0) is 4.79 Å². The van der Waals surface area contributed by atoms with E-state index in [4.69, 9.17) is 16.3 Å². The molecule has 0 bridgehead atoms. The molecule has 0 spiro atoms. The van der Waals surface area contributed by atoms with Crippen molar-refractivity contribution < 1.29 is 23.1 Å². The lowest BCUT2D eigenvalue weighted by atomic mass is 10.1. The quantitative estimate of drug-likeness (QED) is 0.402. The molecular formula is C24H16ClF2N3O3. The number of hydrogen-bond donors (Lipinski definition) is 2. The van der Waals surface area contributed by atoms with Gasteiger partial charge in [0.2, 0.25) is 5.91 Å². The molecule has 0 aliphatic rings. The number of nitrogens with one attached hydrogen (secondary N) is 2. The minimum atomic E-state index is -0.807. The SMILES string of the molecule is O=C(CNC(=O)c1c(F)cccc1Cl)Nc1ccc(Oc2cccc(F)c2)c2ccncc12. The monoisotopic (exact) mass is 467 g/mol. The molecule has 2 N–H and O–H groups in total. The molecule has 0 aliphatic heterocycles. The summed E-state index contributed by atoms with van der Waals surface area (Å²) in [5, 5.41) is 6.18. The third kappa shape index (κ3) is 5.07. The van der Waals surface area contributed by atoms with Crippen LogP contribution in [0.15, 0.2) is 73.1 Å². The molecule has 0 saturated heterocycles. The van der Waals surface area contributed by atoms with Crippen molar-refractivity contribution in [2.24, 2.45) is 0 Å². The third-order valence-corrected chi connectivity index (χ3v) is 4.99. The summed E-state index contributed by atoms with van der Waals surface area (Å²) in [7, 11) is 0. The fraction of sp³-hybridized carbons (Fsp3) is 0.0417. The Bertz CT molecular complexity index is 1340. The second-order valence-electron chi connectivity index (χ2n) is 6.92. The number of pyridine rings is 1. The van der Waals surface area contributed by atoms with E-state index in [9.17, 15) is 18.4 Å². The highest BCUT2D eigenvalue weighted by Crippen LogP contribution is 2.34. The number of hydrogen-bond acceptors (Lipinski definition) is 4. The second-order valence-corrected chi connectivity index (χ2v) is 7.33. The van der Waals surface area contributed by atoms with E-state index in [0.29, 0.717) is 28.0 Å². The minimum absolute atomic E-state index is 0.0566. The van der Waals surface area contributed by atoms with Crippen molar-refractivity contribution in [3.63, 3.8) is 0 Å². The molecule has 0 fully saturated rings. The zero-order valence-corrected chi connectivity index (χ0v) is 17.7. The Balaban J connectivity index is 1.50. The minimum Gasteiger partial charge on any atom is -0.457 e. The van der Waals surface area contributed by atoms with Crippen LogP contribution < -0.4 is 15.4 Å². The number of amides is 2. The van der Waals surface area contributed by atoms with E-state index < -0.39 is 30.0 Å². The van der Waals surface area contributed by atoms with Gasteiger partial charge in [-0.1, -0.05) is 23.7 Å². The normalized spacial score (nSPS) is 10.6. The van der Waals surface area contributed by atoms with Gasteiger partial charge in [-0.25, -0.2) is 8.78 Å². The predicted octanol–water partition coefficient (Wildman–Crippen LogP) is 5.33. The molecule has 6 nitrogen and oxygen atoms in total. The fourth-order valence-corrected chi connectivity index (χ4v) is 3.42. The van der Waals surface area contributed by atoms with Crippen LogP contribution in [0.2, 0.25) is 5.02 Å². The number of aromatic nitrogens is 1. The summed E-state index contributed by atoms with van der Waals surface area (Å²) in [6.45, 7) is -0.410. The van der Waals surface area contributed by atoms with Crippen LogP contribution >= 0.6 is 11.6 Å². The Kier molecular flexibility index (Phi) is 6.46. The van der Waals surface area contributed by atoms with Crippen molar-refractivity contribution in [2.45, 2.75) is 0 Å².